The van der Waals surface area contributed by atoms with Crippen molar-refractivity contribution in [2.24, 2.45) is 0 Å². The van der Waals surface area contributed by atoms with E-state index in [1.165, 1.54) is 39.8 Å². The second-order valence-electron chi connectivity index (χ2n) is 6.70. The number of aromatic nitrogens is 1. The topological polar surface area (TPSA) is 76.1 Å². The number of rotatable bonds is 5. The molecule has 2 aromatic rings. The van der Waals surface area contributed by atoms with E-state index in [0.29, 0.717) is 11.6 Å². The molecule has 1 atom stereocenters. The van der Waals surface area contributed by atoms with E-state index in [1.54, 1.807) is 0 Å². The van der Waals surface area contributed by atoms with E-state index in [2.05, 4.69) is 43.2 Å². The third-order valence-corrected chi connectivity index (χ3v) is 8.36. The number of carbonyl (C=O) groups excluding carboxylic acids is 1. The van der Waals surface area contributed by atoms with Crippen LogP contribution in [0.25, 0.3) is 11.3 Å². The molecule has 0 saturated carbocycles. The number of hydrogen-bond donors (Lipinski definition) is 1. The van der Waals surface area contributed by atoms with Crippen molar-refractivity contribution in [1.82, 2.24) is 4.98 Å². The second-order valence-corrected chi connectivity index (χ2v) is 11.1. The Morgan fingerprint density at radius 1 is 1.31 bits per heavy atom. The molecule has 1 amide bonds. The molecule has 140 valence electrons. The summed E-state index contributed by atoms with van der Waals surface area (Å²) in [6, 6.07) is 4.26. The van der Waals surface area contributed by atoms with E-state index in [4.69, 9.17) is 0 Å². The van der Waals surface area contributed by atoms with Gasteiger partial charge in [0, 0.05) is 16.2 Å². The highest BCUT2D eigenvalue weighted by molar-refractivity contribution is 8.02. The molecule has 1 fully saturated rings. The fraction of sp³-hybridized carbons (Fsp3) is 0.444. The normalized spacial score (nSPS) is 18.8. The minimum Gasteiger partial charge on any atom is -0.301 e. The van der Waals surface area contributed by atoms with Crippen LogP contribution in [0.1, 0.15) is 23.1 Å². The van der Waals surface area contributed by atoms with E-state index in [9.17, 15) is 13.2 Å². The number of nitrogens with one attached hydrogen (secondary N) is 1. The van der Waals surface area contributed by atoms with Crippen molar-refractivity contribution in [2.45, 2.75) is 32.4 Å². The summed E-state index contributed by atoms with van der Waals surface area (Å²) in [5.41, 5.74) is 5.54. The van der Waals surface area contributed by atoms with E-state index < -0.39 is 9.84 Å². The summed E-state index contributed by atoms with van der Waals surface area (Å²) in [5, 5.41) is 5.38. The van der Waals surface area contributed by atoms with Gasteiger partial charge in [0.25, 0.3) is 0 Å². The Bertz CT molecular complexity index is 912. The molecule has 0 spiro atoms. The van der Waals surface area contributed by atoms with E-state index in [-0.39, 0.29) is 28.4 Å². The van der Waals surface area contributed by atoms with Crippen LogP contribution >= 0.6 is 23.1 Å². The molecule has 26 heavy (non-hydrogen) atoms. The third kappa shape index (κ3) is 4.66. The minimum absolute atomic E-state index is 0.0236. The summed E-state index contributed by atoms with van der Waals surface area (Å²) in [7, 11) is -2.90. The van der Waals surface area contributed by atoms with Gasteiger partial charge in [-0.15, -0.1) is 23.1 Å². The van der Waals surface area contributed by atoms with Crippen LogP contribution in [0.3, 0.4) is 0 Å². The third-order valence-electron chi connectivity index (χ3n) is 4.32. The van der Waals surface area contributed by atoms with Gasteiger partial charge in [0.05, 0.1) is 23.0 Å². The molecule has 0 bridgehead atoms. The molecule has 0 radical (unpaired) electrons. The lowest BCUT2D eigenvalue weighted by molar-refractivity contribution is -0.113. The molecule has 2 heterocycles. The van der Waals surface area contributed by atoms with Crippen LogP contribution < -0.4 is 5.32 Å². The van der Waals surface area contributed by atoms with Crippen molar-refractivity contribution in [1.29, 1.82) is 0 Å². The summed E-state index contributed by atoms with van der Waals surface area (Å²) < 4.78 is 22.9. The Labute approximate surface area is 162 Å². The lowest BCUT2D eigenvalue weighted by Gasteiger charge is -2.09. The van der Waals surface area contributed by atoms with Gasteiger partial charge in [0.1, 0.15) is 0 Å². The van der Waals surface area contributed by atoms with Gasteiger partial charge in [-0.1, -0.05) is 17.7 Å². The standard InChI is InChI=1S/C18H22N2O3S3/c1-11-6-12(2)17(13(3)7-11)15-8-25-18(19-15)20-16(21)9-24-14-4-5-26(22,23)10-14/h6-8,14H,4-5,9-10H2,1-3H3,(H,19,20,21)/t14-/m0/s1. The van der Waals surface area contributed by atoms with Gasteiger partial charge in [0.15, 0.2) is 15.0 Å². The molecule has 1 N–H and O–H groups in total. The van der Waals surface area contributed by atoms with Gasteiger partial charge in [0.2, 0.25) is 5.91 Å². The highest BCUT2D eigenvalue weighted by Gasteiger charge is 2.28. The van der Waals surface area contributed by atoms with E-state index in [1.807, 2.05) is 5.38 Å². The van der Waals surface area contributed by atoms with Crippen molar-refractivity contribution in [3.63, 3.8) is 0 Å². The van der Waals surface area contributed by atoms with Gasteiger partial charge < -0.3 is 5.32 Å². The quantitative estimate of drug-likeness (QED) is 0.815. The van der Waals surface area contributed by atoms with E-state index in [0.717, 1.165) is 11.3 Å². The average Bonchev–Trinajstić information content (AvgIpc) is 3.10. The zero-order valence-corrected chi connectivity index (χ0v) is 17.5. The SMILES string of the molecule is Cc1cc(C)c(-c2csc(NC(=O)CS[C@H]3CCS(=O)(=O)C3)n2)c(C)c1. The van der Waals surface area contributed by atoms with Crippen LogP contribution in [0.2, 0.25) is 0 Å². The van der Waals surface area contributed by atoms with Crippen molar-refractivity contribution in [3.8, 4) is 11.3 Å². The first-order valence-electron chi connectivity index (χ1n) is 8.39. The lowest BCUT2D eigenvalue weighted by Crippen LogP contribution is -2.17. The molecule has 1 aliphatic rings. The maximum absolute atomic E-state index is 12.1. The zero-order chi connectivity index (χ0) is 18.9. The molecule has 1 aliphatic heterocycles. The Hall–Kier alpha value is -1.38. The highest BCUT2D eigenvalue weighted by Crippen LogP contribution is 2.31. The predicted molar refractivity (Wildman–Crippen MR) is 110 cm³/mol. The van der Waals surface area contributed by atoms with Gasteiger partial charge in [-0.3, -0.25) is 4.79 Å². The molecule has 0 aliphatic carbocycles. The Morgan fingerprint density at radius 3 is 2.62 bits per heavy atom. The van der Waals surface area contributed by atoms with Crippen molar-refractivity contribution in [3.05, 3.63) is 34.2 Å². The molecule has 3 rings (SSSR count). The van der Waals surface area contributed by atoms with Crippen LogP contribution in [0.5, 0.6) is 0 Å². The van der Waals surface area contributed by atoms with Crippen LogP contribution in [0.4, 0.5) is 5.13 Å². The number of carbonyl (C=O) groups is 1. The number of sulfone groups is 1. The molecule has 0 unspecified atom stereocenters. The van der Waals surface area contributed by atoms with E-state index >= 15 is 0 Å². The lowest BCUT2D eigenvalue weighted by atomic mass is 9.98. The van der Waals surface area contributed by atoms with Gasteiger partial charge in [-0.05, 0) is 38.3 Å². The van der Waals surface area contributed by atoms with Crippen LogP contribution in [0.15, 0.2) is 17.5 Å². The van der Waals surface area contributed by atoms with Crippen LogP contribution in [-0.2, 0) is 14.6 Å². The monoisotopic (exact) mass is 410 g/mol. The number of aryl methyl sites for hydroxylation is 3. The van der Waals surface area contributed by atoms with Crippen LogP contribution in [0, 0.1) is 20.8 Å². The molecule has 5 nitrogen and oxygen atoms in total. The average molecular weight is 411 g/mol. The summed E-state index contributed by atoms with van der Waals surface area (Å²) in [4.78, 5) is 16.7. The Balaban J connectivity index is 1.61. The summed E-state index contributed by atoms with van der Waals surface area (Å²) in [6.07, 6.45) is 0.633. The number of nitrogens with zero attached hydrogens (tertiary/aromatic N) is 1. The number of benzene rings is 1. The molecule has 8 heteroatoms. The number of anilines is 1. The van der Waals surface area contributed by atoms with Crippen molar-refractivity contribution >= 4 is 44.0 Å². The second kappa shape index (κ2) is 7.70. The largest absolute Gasteiger partial charge is 0.301 e. The first-order chi connectivity index (χ1) is 12.2. The highest BCUT2D eigenvalue weighted by atomic mass is 32.2. The number of hydrogen-bond acceptors (Lipinski definition) is 6. The number of thioether (sulfide) groups is 1. The number of thiazole rings is 1. The maximum Gasteiger partial charge on any atom is 0.236 e. The first-order valence-corrected chi connectivity index (χ1v) is 12.1. The Morgan fingerprint density at radius 2 is 2.00 bits per heavy atom. The number of amides is 1. The molecular weight excluding hydrogens is 388 g/mol. The molecule has 1 aromatic heterocycles. The first kappa shape index (κ1) is 19.4. The van der Waals surface area contributed by atoms with Crippen LogP contribution in [-0.4, -0.2) is 41.8 Å². The van der Waals surface area contributed by atoms with Gasteiger partial charge in [-0.2, -0.15) is 0 Å². The fourth-order valence-electron chi connectivity index (χ4n) is 3.27. The summed E-state index contributed by atoms with van der Waals surface area (Å²) in [5.74, 6) is 0.519. The summed E-state index contributed by atoms with van der Waals surface area (Å²) in [6.45, 7) is 6.21. The Kier molecular flexibility index (Phi) is 5.74. The minimum atomic E-state index is -2.90. The van der Waals surface area contributed by atoms with Crippen molar-refractivity contribution < 1.29 is 13.2 Å². The molecule has 1 aromatic carbocycles. The molecule has 1 saturated heterocycles. The smallest absolute Gasteiger partial charge is 0.236 e. The maximum atomic E-state index is 12.1. The summed E-state index contributed by atoms with van der Waals surface area (Å²) >= 11 is 2.81. The predicted octanol–water partition coefficient (Wildman–Crippen LogP) is 3.59. The van der Waals surface area contributed by atoms with Gasteiger partial charge >= 0.3 is 0 Å². The zero-order valence-electron chi connectivity index (χ0n) is 15.0. The molecular formula is C18H22N2O3S3. The van der Waals surface area contributed by atoms with Crippen molar-refractivity contribution in [2.75, 3.05) is 22.6 Å². The fourth-order valence-corrected chi connectivity index (χ4v) is 7.43. The van der Waals surface area contributed by atoms with Gasteiger partial charge in [-0.25, -0.2) is 13.4 Å².